The summed E-state index contributed by atoms with van der Waals surface area (Å²) in [5.41, 5.74) is 0. The van der Waals surface area contributed by atoms with Crippen LogP contribution in [0.25, 0.3) is 0 Å². The van der Waals surface area contributed by atoms with Gasteiger partial charge in [0, 0.05) is 7.11 Å². The molecule has 0 aliphatic heterocycles. The molecular formula is C19H34O. The summed E-state index contributed by atoms with van der Waals surface area (Å²) in [6.45, 7) is 3.12. The molecule has 2 rings (SSSR count). The van der Waals surface area contributed by atoms with E-state index in [9.17, 15) is 0 Å². The van der Waals surface area contributed by atoms with Gasteiger partial charge in [0.2, 0.25) is 0 Å². The molecule has 0 N–H and O–H groups in total. The third kappa shape index (κ3) is 4.91. The molecule has 20 heavy (non-hydrogen) atoms. The van der Waals surface area contributed by atoms with Crippen LogP contribution in [0.3, 0.4) is 0 Å². The lowest BCUT2D eigenvalue weighted by atomic mass is 9.69. The molecule has 0 unspecified atom stereocenters. The fourth-order valence-corrected chi connectivity index (χ4v) is 4.51. The van der Waals surface area contributed by atoms with E-state index in [1.54, 1.807) is 7.11 Å². The molecule has 0 radical (unpaired) electrons. The molecule has 0 aromatic rings. The SMILES string of the molecule is CCCC1CCC(C2CCC(C=CCOC)CC2)CC1. The van der Waals surface area contributed by atoms with Crippen molar-refractivity contribution in [3.63, 3.8) is 0 Å². The molecule has 0 spiro atoms. The van der Waals surface area contributed by atoms with Crippen molar-refractivity contribution in [2.45, 2.75) is 71.1 Å². The first-order valence-corrected chi connectivity index (χ1v) is 8.99. The second-order valence-corrected chi connectivity index (χ2v) is 7.13. The van der Waals surface area contributed by atoms with Crippen LogP contribution in [-0.4, -0.2) is 13.7 Å². The second-order valence-electron chi connectivity index (χ2n) is 7.13. The summed E-state index contributed by atoms with van der Waals surface area (Å²) in [4.78, 5) is 0. The first-order valence-electron chi connectivity index (χ1n) is 8.99. The van der Waals surface area contributed by atoms with Crippen molar-refractivity contribution in [3.8, 4) is 0 Å². The summed E-state index contributed by atoms with van der Waals surface area (Å²) in [5, 5.41) is 0. The van der Waals surface area contributed by atoms with E-state index in [-0.39, 0.29) is 0 Å². The lowest BCUT2D eigenvalue weighted by Gasteiger charge is -2.37. The van der Waals surface area contributed by atoms with Crippen LogP contribution in [0.15, 0.2) is 12.2 Å². The average Bonchev–Trinajstić information content (AvgIpc) is 2.49. The first kappa shape index (κ1) is 16.1. The molecular weight excluding hydrogens is 244 g/mol. The maximum Gasteiger partial charge on any atom is 0.0643 e. The Labute approximate surface area is 126 Å². The number of hydrogen-bond acceptors (Lipinski definition) is 1. The number of rotatable bonds is 6. The molecule has 0 heterocycles. The van der Waals surface area contributed by atoms with Gasteiger partial charge in [-0.2, -0.15) is 0 Å². The summed E-state index contributed by atoms with van der Waals surface area (Å²) in [6.07, 6.45) is 19.4. The van der Waals surface area contributed by atoms with Gasteiger partial charge in [0.15, 0.2) is 0 Å². The van der Waals surface area contributed by atoms with Crippen molar-refractivity contribution in [1.29, 1.82) is 0 Å². The molecule has 0 saturated heterocycles. The van der Waals surface area contributed by atoms with Crippen molar-refractivity contribution in [2.75, 3.05) is 13.7 Å². The third-order valence-electron chi connectivity index (χ3n) is 5.74. The standard InChI is InChI=1S/C19H34O/c1-3-5-16-7-11-18(12-8-16)19-13-9-17(10-14-19)6-4-15-20-2/h4,6,16-19H,3,5,7-15H2,1-2H3. The van der Waals surface area contributed by atoms with E-state index in [1.165, 1.54) is 64.2 Å². The van der Waals surface area contributed by atoms with E-state index in [0.717, 1.165) is 30.3 Å². The van der Waals surface area contributed by atoms with E-state index in [0.29, 0.717) is 0 Å². The summed E-state index contributed by atoms with van der Waals surface area (Å²) >= 11 is 0. The van der Waals surface area contributed by atoms with E-state index >= 15 is 0 Å². The van der Waals surface area contributed by atoms with Crippen molar-refractivity contribution >= 4 is 0 Å². The zero-order valence-corrected chi connectivity index (χ0v) is 13.7. The normalized spacial score (nSPS) is 35.5. The minimum Gasteiger partial charge on any atom is -0.381 e. The van der Waals surface area contributed by atoms with Gasteiger partial charge in [-0.25, -0.2) is 0 Å². The minimum atomic E-state index is 0.779. The summed E-state index contributed by atoms with van der Waals surface area (Å²) in [5.74, 6) is 4.00. The van der Waals surface area contributed by atoms with Crippen LogP contribution in [0, 0.1) is 23.7 Å². The molecule has 1 heteroatoms. The predicted molar refractivity (Wildman–Crippen MR) is 86.8 cm³/mol. The number of hydrogen-bond donors (Lipinski definition) is 0. The highest BCUT2D eigenvalue weighted by molar-refractivity contribution is 4.92. The maximum absolute atomic E-state index is 5.09. The highest BCUT2D eigenvalue weighted by Gasteiger charge is 2.29. The Morgan fingerprint density at radius 3 is 2.05 bits per heavy atom. The molecule has 116 valence electrons. The molecule has 2 aliphatic rings. The lowest BCUT2D eigenvalue weighted by molar-refractivity contribution is 0.152. The molecule has 2 aliphatic carbocycles. The molecule has 2 fully saturated rings. The molecule has 2 saturated carbocycles. The van der Waals surface area contributed by atoms with E-state index < -0.39 is 0 Å². The van der Waals surface area contributed by atoms with Crippen LogP contribution in [0.1, 0.15) is 71.1 Å². The fourth-order valence-electron chi connectivity index (χ4n) is 4.51. The van der Waals surface area contributed by atoms with E-state index in [1.807, 2.05) is 0 Å². The highest BCUT2D eigenvalue weighted by Crippen LogP contribution is 2.42. The molecule has 0 amide bonds. The number of methoxy groups -OCH3 is 1. The van der Waals surface area contributed by atoms with Crippen molar-refractivity contribution in [1.82, 2.24) is 0 Å². The Bertz CT molecular complexity index is 267. The van der Waals surface area contributed by atoms with Crippen LogP contribution < -0.4 is 0 Å². The smallest absolute Gasteiger partial charge is 0.0643 e. The number of allylic oxidation sites excluding steroid dienone is 1. The Hall–Kier alpha value is -0.300. The fraction of sp³-hybridized carbons (Fsp3) is 0.895. The highest BCUT2D eigenvalue weighted by atomic mass is 16.5. The van der Waals surface area contributed by atoms with Crippen LogP contribution in [0.4, 0.5) is 0 Å². The van der Waals surface area contributed by atoms with Gasteiger partial charge >= 0.3 is 0 Å². The van der Waals surface area contributed by atoms with Gasteiger partial charge in [-0.3, -0.25) is 0 Å². The number of ether oxygens (including phenoxy) is 1. The van der Waals surface area contributed by atoms with Crippen LogP contribution in [0.5, 0.6) is 0 Å². The van der Waals surface area contributed by atoms with E-state index in [2.05, 4.69) is 19.1 Å². The minimum absolute atomic E-state index is 0.779. The summed E-state index contributed by atoms with van der Waals surface area (Å²) < 4.78 is 5.09. The Kier molecular flexibility index (Phi) is 7.13. The van der Waals surface area contributed by atoms with Gasteiger partial charge in [0.1, 0.15) is 0 Å². The Balaban J connectivity index is 1.67. The molecule has 1 nitrogen and oxygen atoms in total. The van der Waals surface area contributed by atoms with Gasteiger partial charge in [-0.05, 0) is 62.2 Å². The first-order chi connectivity index (χ1) is 9.83. The van der Waals surface area contributed by atoms with Crippen LogP contribution in [0.2, 0.25) is 0 Å². The summed E-state index contributed by atoms with van der Waals surface area (Å²) in [7, 11) is 1.77. The average molecular weight is 278 g/mol. The van der Waals surface area contributed by atoms with Crippen molar-refractivity contribution in [2.24, 2.45) is 23.7 Å². The zero-order chi connectivity index (χ0) is 14.2. The van der Waals surface area contributed by atoms with Crippen LogP contribution in [-0.2, 0) is 4.74 Å². The zero-order valence-electron chi connectivity index (χ0n) is 13.7. The third-order valence-corrected chi connectivity index (χ3v) is 5.74. The largest absolute Gasteiger partial charge is 0.381 e. The van der Waals surface area contributed by atoms with Gasteiger partial charge in [-0.1, -0.05) is 44.8 Å². The monoisotopic (exact) mass is 278 g/mol. The molecule has 0 atom stereocenters. The molecule has 0 aromatic heterocycles. The predicted octanol–water partition coefficient (Wildman–Crippen LogP) is 5.60. The lowest BCUT2D eigenvalue weighted by Crippen LogP contribution is -2.25. The van der Waals surface area contributed by atoms with Crippen LogP contribution >= 0.6 is 0 Å². The Morgan fingerprint density at radius 2 is 1.50 bits per heavy atom. The van der Waals surface area contributed by atoms with Gasteiger partial charge in [-0.15, -0.1) is 0 Å². The van der Waals surface area contributed by atoms with Gasteiger partial charge < -0.3 is 4.74 Å². The van der Waals surface area contributed by atoms with Crippen molar-refractivity contribution in [3.05, 3.63) is 12.2 Å². The topological polar surface area (TPSA) is 9.23 Å². The van der Waals surface area contributed by atoms with Crippen molar-refractivity contribution < 1.29 is 4.74 Å². The quantitative estimate of drug-likeness (QED) is 0.574. The second kappa shape index (κ2) is 8.87. The molecule has 0 aromatic carbocycles. The summed E-state index contributed by atoms with van der Waals surface area (Å²) in [6, 6.07) is 0. The maximum atomic E-state index is 5.09. The van der Waals surface area contributed by atoms with E-state index in [4.69, 9.17) is 4.74 Å². The molecule has 0 bridgehead atoms. The van der Waals surface area contributed by atoms with Gasteiger partial charge in [0.05, 0.1) is 6.61 Å². The van der Waals surface area contributed by atoms with Gasteiger partial charge in [0.25, 0.3) is 0 Å². The Morgan fingerprint density at radius 1 is 0.900 bits per heavy atom.